The monoisotopic (exact) mass is 324 g/mol. The number of hydrogen-bond donors (Lipinski definition) is 0. The van der Waals surface area contributed by atoms with E-state index in [9.17, 15) is 4.89 Å². The molecular weight excluding hydrogens is 295 g/mol. The Morgan fingerprint density at radius 2 is 1.59 bits per heavy atom. The highest BCUT2D eigenvalue weighted by molar-refractivity contribution is 7.60. The molecule has 4 heteroatoms. The molecule has 0 bridgehead atoms. The van der Waals surface area contributed by atoms with E-state index in [1.807, 2.05) is 13.8 Å². The molecule has 1 heterocycles. The average Bonchev–Trinajstić information content (AvgIpc) is 2.58. The fourth-order valence-electron chi connectivity index (χ4n) is 2.95. The summed E-state index contributed by atoms with van der Waals surface area (Å²) >= 11 is 0. The predicted molar refractivity (Wildman–Crippen MR) is 91.4 cm³/mol. The van der Waals surface area contributed by atoms with Crippen LogP contribution in [-0.4, -0.2) is 6.61 Å². The van der Waals surface area contributed by atoms with Crippen LogP contribution in [0.5, 0.6) is 5.75 Å². The first kappa shape index (κ1) is 17.7. The molecule has 1 aromatic carbocycles. The molecule has 2 atom stereocenters. The first-order chi connectivity index (χ1) is 9.90. The molecule has 1 aromatic rings. The quantitative estimate of drug-likeness (QED) is 0.727. The Balaban J connectivity index is 2.62. The van der Waals surface area contributed by atoms with Crippen LogP contribution in [0.3, 0.4) is 0 Å². The van der Waals surface area contributed by atoms with Gasteiger partial charge in [0.05, 0.1) is 6.61 Å². The van der Waals surface area contributed by atoms with Gasteiger partial charge in [-0.15, -0.1) is 0 Å². The molecule has 0 spiro atoms. The standard InChI is InChI=1S/C18H29O3P/c1-9-20-22(19)12(2)13-10-14(17(3,4)5)15(18(6,7)8)11-16(13)21-22/h10-12H,9H2,1-8H3/t12-,22?/m1/s1. The van der Waals surface area contributed by atoms with Crippen molar-refractivity contribution >= 4 is 7.94 Å². The minimum Gasteiger partial charge on any atom is -0.624 e. The van der Waals surface area contributed by atoms with Crippen LogP contribution >= 0.6 is 7.94 Å². The van der Waals surface area contributed by atoms with Gasteiger partial charge in [0, 0.05) is 5.56 Å². The van der Waals surface area contributed by atoms with Gasteiger partial charge in [-0.3, -0.25) is 0 Å². The van der Waals surface area contributed by atoms with Crippen LogP contribution < -0.4 is 9.42 Å². The Morgan fingerprint density at radius 3 is 2.05 bits per heavy atom. The zero-order valence-electron chi connectivity index (χ0n) is 15.1. The molecule has 0 aromatic heterocycles. The Bertz CT molecular complexity index is 569. The lowest BCUT2D eigenvalue weighted by Gasteiger charge is -2.30. The van der Waals surface area contributed by atoms with Crippen molar-refractivity contribution in [3.8, 4) is 5.75 Å². The lowest BCUT2D eigenvalue weighted by atomic mass is 9.74. The van der Waals surface area contributed by atoms with Gasteiger partial charge in [0.25, 0.3) is 7.94 Å². The summed E-state index contributed by atoms with van der Waals surface area (Å²) in [6.07, 6.45) is 0. The molecule has 0 saturated heterocycles. The molecule has 0 N–H and O–H groups in total. The smallest absolute Gasteiger partial charge is 0.292 e. The topological polar surface area (TPSA) is 41.5 Å². The third-order valence-corrected chi connectivity index (χ3v) is 6.52. The normalized spacial score (nSPS) is 25.0. The predicted octanol–water partition coefficient (Wildman–Crippen LogP) is 4.89. The third kappa shape index (κ3) is 3.04. The van der Waals surface area contributed by atoms with E-state index in [1.165, 1.54) is 11.1 Å². The van der Waals surface area contributed by atoms with E-state index in [-0.39, 0.29) is 16.5 Å². The summed E-state index contributed by atoms with van der Waals surface area (Å²) in [7, 11) is -3.09. The van der Waals surface area contributed by atoms with E-state index in [2.05, 4.69) is 53.7 Å². The molecule has 1 aliphatic heterocycles. The maximum Gasteiger partial charge on any atom is 0.292 e. The number of hydrogen-bond acceptors (Lipinski definition) is 3. The summed E-state index contributed by atoms with van der Waals surface area (Å²) in [5.41, 5.74) is 3.36. The van der Waals surface area contributed by atoms with Crippen molar-refractivity contribution < 1.29 is 13.9 Å². The fraction of sp³-hybridized carbons (Fsp3) is 0.667. The summed E-state index contributed by atoms with van der Waals surface area (Å²) in [4.78, 5) is 12.9. The van der Waals surface area contributed by atoms with E-state index >= 15 is 0 Å². The number of rotatable bonds is 2. The van der Waals surface area contributed by atoms with Gasteiger partial charge in [-0.2, -0.15) is 0 Å². The molecule has 0 aliphatic carbocycles. The molecule has 124 valence electrons. The summed E-state index contributed by atoms with van der Waals surface area (Å²) in [6.45, 7) is 17.4. The molecule has 3 nitrogen and oxygen atoms in total. The SMILES string of the molecule is CCO[P+]1([O-])Oc2cc(C(C)(C)C)c(C(C)(C)C)cc2[C@H]1C. The molecule has 0 amide bonds. The van der Waals surface area contributed by atoms with Crippen LogP contribution in [0.1, 0.15) is 77.7 Å². The van der Waals surface area contributed by atoms with Crippen molar-refractivity contribution in [3.05, 3.63) is 28.8 Å². The van der Waals surface area contributed by atoms with E-state index < -0.39 is 7.94 Å². The zero-order chi connectivity index (χ0) is 16.9. The van der Waals surface area contributed by atoms with Crippen molar-refractivity contribution in [2.45, 2.75) is 71.9 Å². The molecule has 1 aliphatic rings. The average molecular weight is 324 g/mol. The Kier molecular flexibility index (Phi) is 4.41. The summed E-state index contributed by atoms with van der Waals surface area (Å²) < 4.78 is 11.3. The molecule has 0 fully saturated rings. The van der Waals surface area contributed by atoms with Crippen molar-refractivity contribution in [2.75, 3.05) is 6.61 Å². The highest BCUT2D eigenvalue weighted by atomic mass is 31.2. The fourth-order valence-corrected chi connectivity index (χ4v) is 4.72. The molecule has 1 unspecified atom stereocenters. The van der Waals surface area contributed by atoms with Gasteiger partial charge in [-0.25, -0.2) is 4.52 Å². The molecule has 2 rings (SSSR count). The van der Waals surface area contributed by atoms with Crippen LogP contribution in [0.15, 0.2) is 12.1 Å². The number of benzene rings is 1. The summed E-state index contributed by atoms with van der Waals surface area (Å²) in [5.74, 6) is 0.724. The lowest BCUT2D eigenvalue weighted by molar-refractivity contribution is -0.211. The van der Waals surface area contributed by atoms with Gasteiger partial charge >= 0.3 is 0 Å². The van der Waals surface area contributed by atoms with Crippen LogP contribution in [0.4, 0.5) is 0 Å². The second-order valence-electron chi connectivity index (χ2n) is 8.16. The van der Waals surface area contributed by atoms with Crippen molar-refractivity contribution in [1.82, 2.24) is 0 Å². The highest BCUT2D eigenvalue weighted by Crippen LogP contribution is 2.70. The second-order valence-corrected chi connectivity index (χ2v) is 10.5. The highest BCUT2D eigenvalue weighted by Gasteiger charge is 2.49. The van der Waals surface area contributed by atoms with Gasteiger partial charge in [0.1, 0.15) is 0 Å². The summed E-state index contributed by atoms with van der Waals surface area (Å²) in [6, 6.07) is 4.25. The largest absolute Gasteiger partial charge is 0.624 e. The summed E-state index contributed by atoms with van der Waals surface area (Å²) in [5, 5.41) is 0. The van der Waals surface area contributed by atoms with Gasteiger partial charge < -0.3 is 9.42 Å². The lowest BCUT2D eigenvalue weighted by Crippen LogP contribution is -2.22. The maximum atomic E-state index is 12.9. The maximum absolute atomic E-state index is 12.9. The first-order valence-corrected chi connectivity index (χ1v) is 9.64. The van der Waals surface area contributed by atoms with Crippen LogP contribution in [-0.2, 0) is 15.4 Å². The van der Waals surface area contributed by atoms with Crippen molar-refractivity contribution in [1.29, 1.82) is 0 Å². The zero-order valence-corrected chi connectivity index (χ0v) is 16.0. The van der Waals surface area contributed by atoms with E-state index in [0.29, 0.717) is 6.61 Å². The first-order valence-electron chi connectivity index (χ1n) is 8.03. The van der Waals surface area contributed by atoms with Crippen molar-refractivity contribution in [2.24, 2.45) is 0 Å². The Hall–Kier alpha value is -0.630. The van der Waals surface area contributed by atoms with Crippen LogP contribution in [0.2, 0.25) is 0 Å². The molecular formula is C18H29O3P. The molecule has 0 saturated carbocycles. The number of fused-ring (bicyclic) bond motifs is 1. The minimum absolute atomic E-state index is 0.00241. The third-order valence-electron chi connectivity index (χ3n) is 4.23. The van der Waals surface area contributed by atoms with E-state index in [1.54, 1.807) is 0 Å². The van der Waals surface area contributed by atoms with Crippen LogP contribution in [0, 0.1) is 0 Å². The second kappa shape index (κ2) is 5.47. The van der Waals surface area contributed by atoms with E-state index in [0.717, 1.165) is 11.3 Å². The van der Waals surface area contributed by atoms with Crippen molar-refractivity contribution in [3.63, 3.8) is 0 Å². The van der Waals surface area contributed by atoms with Gasteiger partial charge in [0.2, 0.25) is 0 Å². The van der Waals surface area contributed by atoms with E-state index in [4.69, 9.17) is 9.05 Å². The van der Waals surface area contributed by atoms with Gasteiger partial charge in [0.15, 0.2) is 11.4 Å². The molecule has 0 radical (unpaired) electrons. The van der Waals surface area contributed by atoms with Gasteiger partial charge in [-0.1, -0.05) is 41.5 Å². The molecule has 22 heavy (non-hydrogen) atoms. The Labute approximate surface area is 135 Å². The van der Waals surface area contributed by atoms with Gasteiger partial charge in [-0.05, 0) is 47.9 Å². The van der Waals surface area contributed by atoms with Crippen LogP contribution in [0.25, 0.3) is 0 Å². The Morgan fingerprint density at radius 1 is 1.09 bits per heavy atom. The minimum atomic E-state index is -3.09.